The fourth-order valence-corrected chi connectivity index (χ4v) is 5.58. The van der Waals surface area contributed by atoms with Crippen LogP contribution in [0.15, 0.2) is 48.5 Å². The summed E-state index contributed by atoms with van der Waals surface area (Å²) in [5.74, 6) is 1.33. The first-order chi connectivity index (χ1) is 14.3. The van der Waals surface area contributed by atoms with Gasteiger partial charge in [-0.15, -0.1) is 23.1 Å². The molecule has 1 aliphatic rings. The molecule has 0 bridgehead atoms. The molecule has 0 spiro atoms. The predicted molar refractivity (Wildman–Crippen MR) is 123 cm³/mol. The zero-order chi connectivity index (χ0) is 19.9. The number of para-hydroxylation sites is 1. The molecule has 0 saturated carbocycles. The van der Waals surface area contributed by atoms with E-state index < -0.39 is 0 Å². The van der Waals surface area contributed by atoms with Crippen molar-refractivity contribution < 1.29 is 4.79 Å². The molecule has 1 saturated heterocycles. The van der Waals surface area contributed by atoms with Crippen molar-refractivity contribution in [3.63, 3.8) is 0 Å². The minimum Gasteiger partial charge on any atom is -0.351 e. The van der Waals surface area contributed by atoms with Gasteiger partial charge in [0.25, 0.3) is 0 Å². The minimum atomic E-state index is 0.0869. The summed E-state index contributed by atoms with van der Waals surface area (Å²) in [6.07, 6.45) is 3.94. The van der Waals surface area contributed by atoms with E-state index >= 15 is 0 Å². The molecule has 0 atom stereocenters. The number of rotatable bonds is 8. The number of hydrogen-bond donors (Lipinski definition) is 1. The highest BCUT2D eigenvalue weighted by molar-refractivity contribution is 7.99. The average Bonchev–Trinajstić information content (AvgIpc) is 3.17. The van der Waals surface area contributed by atoms with Gasteiger partial charge in [0.2, 0.25) is 5.91 Å². The molecule has 1 amide bonds. The van der Waals surface area contributed by atoms with Crippen LogP contribution in [0.2, 0.25) is 0 Å². The van der Waals surface area contributed by atoms with E-state index in [2.05, 4.69) is 45.5 Å². The van der Waals surface area contributed by atoms with Gasteiger partial charge in [-0.2, -0.15) is 0 Å². The summed E-state index contributed by atoms with van der Waals surface area (Å²) in [5, 5.41) is 4.17. The molecular formula is C23H27N3OS2. The zero-order valence-corrected chi connectivity index (χ0v) is 18.2. The van der Waals surface area contributed by atoms with Crippen LogP contribution in [-0.2, 0) is 23.6 Å². The second kappa shape index (κ2) is 10.2. The molecule has 1 aromatic heterocycles. The normalized spacial score (nSPS) is 14.9. The van der Waals surface area contributed by atoms with Crippen LogP contribution in [0.3, 0.4) is 0 Å². The molecule has 29 heavy (non-hydrogen) atoms. The third kappa shape index (κ3) is 5.81. The number of fused-ring (bicyclic) bond motifs is 1. The third-order valence-electron chi connectivity index (χ3n) is 5.23. The van der Waals surface area contributed by atoms with Gasteiger partial charge in [-0.05, 0) is 49.2 Å². The molecule has 0 unspecified atom stereocenters. The Morgan fingerprint density at radius 3 is 2.62 bits per heavy atom. The Labute approximate surface area is 180 Å². The maximum atomic E-state index is 12.3. The van der Waals surface area contributed by atoms with Gasteiger partial charge in [0.05, 0.1) is 16.0 Å². The van der Waals surface area contributed by atoms with Crippen molar-refractivity contribution in [2.45, 2.75) is 38.1 Å². The summed E-state index contributed by atoms with van der Waals surface area (Å²) in [5.41, 5.74) is 3.60. The van der Waals surface area contributed by atoms with Crippen molar-refractivity contribution in [1.29, 1.82) is 0 Å². The summed E-state index contributed by atoms with van der Waals surface area (Å²) >= 11 is 3.33. The molecule has 0 aliphatic carbocycles. The molecule has 3 aromatic rings. The van der Waals surface area contributed by atoms with E-state index in [1.807, 2.05) is 18.2 Å². The van der Waals surface area contributed by atoms with Gasteiger partial charge in [-0.3, -0.25) is 9.69 Å². The van der Waals surface area contributed by atoms with Crippen LogP contribution in [0.5, 0.6) is 0 Å². The van der Waals surface area contributed by atoms with Gasteiger partial charge in [0.1, 0.15) is 5.01 Å². The number of benzene rings is 2. The highest BCUT2D eigenvalue weighted by Crippen LogP contribution is 2.24. The van der Waals surface area contributed by atoms with Crippen LogP contribution in [0.25, 0.3) is 10.2 Å². The van der Waals surface area contributed by atoms with E-state index in [9.17, 15) is 4.79 Å². The van der Waals surface area contributed by atoms with Crippen molar-refractivity contribution in [1.82, 2.24) is 15.2 Å². The number of thiazole rings is 1. The van der Waals surface area contributed by atoms with Gasteiger partial charge in [-0.25, -0.2) is 4.98 Å². The molecule has 2 aromatic carbocycles. The Hall–Kier alpha value is -1.89. The molecular weight excluding hydrogens is 398 g/mol. The lowest BCUT2D eigenvalue weighted by atomic mass is 10.0. The fraction of sp³-hybridized carbons (Fsp3) is 0.391. The number of thioether (sulfide) groups is 1. The van der Waals surface area contributed by atoms with E-state index in [0.29, 0.717) is 12.3 Å². The zero-order valence-electron chi connectivity index (χ0n) is 16.6. The maximum absolute atomic E-state index is 12.3. The lowest BCUT2D eigenvalue weighted by Crippen LogP contribution is -2.30. The number of carbonyl (C=O) groups is 1. The van der Waals surface area contributed by atoms with Crippen LogP contribution in [0.1, 0.15) is 35.4 Å². The lowest BCUT2D eigenvalue weighted by molar-refractivity contribution is -0.118. The molecule has 6 heteroatoms. The fourth-order valence-electron chi connectivity index (χ4n) is 3.70. The minimum absolute atomic E-state index is 0.0869. The molecule has 4 rings (SSSR count). The van der Waals surface area contributed by atoms with Crippen molar-refractivity contribution in [3.05, 3.63) is 64.7 Å². The standard InChI is InChI=1S/C23H27N3OS2/c27-22(16-28-17-23-25-20-10-4-5-11-21(20)29-23)24-14-18-8-2-3-9-19(18)15-26-12-6-1-7-13-26/h2-5,8-11H,1,6-7,12-17H2,(H,24,27). The summed E-state index contributed by atoms with van der Waals surface area (Å²) in [4.78, 5) is 19.5. The second-order valence-corrected chi connectivity index (χ2v) is 9.55. The van der Waals surface area contributed by atoms with E-state index in [1.54, 1.807) is 23.1 Å². The van der Waals surface area contributed by atoms with E-state index in [-0.39, 0.29) is 5.91 Å². The SMILES string of the molecule is O=C(CSCc1nc2ccccc2s1)NCc1ccccc1CN1CCCCC1. The maximum Gasteiger partial charge on any atom is 0.230 e. The van der Waals surface area contributed by atoms with Crippen LogP contribution < -0.4 is 5.32 Å². The van der Waals surface area contributed by atoms with Crippen molar-refractivity contribution >= 4 is 39.2 Å². The lowest BCUT2D eigenvalue weighted by Gasteiger charge is -2.27. The Balaban J connectivity index is 1.24. The van der Waals surface area contributed by atoms with Gasteiger partial charge >= 0.3 is 0 Å². The van der Waals surface area contributed by atoms with E-state index in [4.69, 9.17) is 0 Å². The quantitative estimate of drug-likeness (QED) is 0.561. The number of amides is 1. The predicted octanol–water partition coefficient (Wildman–Crippen LogP) is 4.83. The molecule has 4 nitrogen and oxygen atoms in total. The number of likely N-dealkylation sites (tertiary alicyclic amines) is 1. The van der Waals surface area contributed by atoms with Gasteiger partial charge in [0.15, 0.2) is 0 Å². The number of hydrogen-bond acceptors (Lipinski definition) is 5. The van der Waals surface area contributed by atoms with Crippen molar-refractivity contribution in [2.75, 3.05) is 18.8 Å². The highest BCUT2D eigenvalue weighted by Gasteiger charge is 2.13. The Kier molecular flexibility index (Phi) is 7.19. The largest absolute Gasteiger partial charge is 0.351 e. The van der Waals surface area contributed by atoms with Gasteiger partial charge < -0.3 is 5.32 Å². The highest BCUT2D eigenvalue weighted by atomic mass is 32.2. The second-order valence-electron chi connectivity index (χ2n) is 7.45. The smallest absolute Gasteiger partial charge is 0.230 e. The summed E-state index contributed by atoms with van der Waals surface area (Å²) in [6.45, 7) is 3.95. The number of carbonyl (C=O) groups excluding carboxylic acids is 1. The van der Waals surface area contributed by atoms with E-state index in [0.717, 1.165) is 22.8 Å². The Morgan fingerprint density at radius 1 is 1.03 bits per heavy atom. The monoisotopic (exact) mass is 425 g/mol. The summed E-state index contributed by atoms with van der Waals surface area (Å²) in [7, 11) is 0. The van der Waals surface area contributed by atoms with E-state index in [1.165, 1.54) is 48.2 Å². The molecule has 2 heterocycles. The number of piperidine rings is 1. The van der Waals surface area contributed by atoms with Crippen molar-refractivity contribution in [3.8, 4) is 0 Å². The molecule has 1 aliphatic heterocycles. The average molecular weight is 426 g/mol. The number of aromatic nitrogens is 1. The van der Waals surface area contributed by atoms with Crippen LogP contribution >= 0.6 is 23.1 Å². The summed E-state index contributed by atoms with van der Waals surface area (Å²) < 4.78 is 1.21. The molecule has 1 fully saturated rings. The summed E-state index contributed by atoms with van der Waals surface area (Å²) in [6, 6.07) is 16.7. The topological polar surface area (TPSA) is 45.2 Å². The Bertz CT molecular complexity index is 917. The van der Waals surface area contributed by atoms with Crippen LogP contribution in [0, 0.1) is 0 Å². The first-order valence-electron chi connectivity index (χ1n) is 10.3. The third-order valence-corrected chi connectivity index (χ3v) is 7.40. The molecule has 152 valence electrons. The molecule has 1 N–H and O–H groups in total. The van der Waals surface area contributed by atoms with Crippen LogP contribution in [-0.4, -0.2) is 34.6 Å². The van der Waals surface area contributed by atoms with Crippen molar-refractivity contribution in [2.24, 2.45) is 0 Å². The number of nitrogens with one attached hydrogen (secondary N) is 1. The van der Waals surface area contributed by atoms with Gasteiger partial charge in [-0.1, -0.05) is 42.8 Å². The number of nitrogens with zero attached hydrogens (tertiary/aromatic N) is 2. The Morgan fingerprint density at radius 2 is 1.79 bits per heavy atom. The first-order valence-corrected chi connectivity index (χ1v) is 12.2. The first kappa shape index (κ1) is 20.4. The van der Waals surface area contributed by atoms with Gasteiger partial charge in [0, 0.05) is 18.8 Å². The molecule has 0 radical (unpaired) electrons. The van der Waals surface area contributed by atoms with Crippen LogP contribution in [0.4, 0.5) is 0 Å².